The molecule has 0 fully saturated rings. The number of ether oxygens (including phenoxy) is 1. The Morgan fingerprint density at radius 3 is 2.08 bits per heavy atom. The molecule has 2 aromatic rings. The molecule has 0 aliphatic rings. The van der Waals surface area contributed by atoms with Gasteiger partial charge in [0.1, 0.15) is 5.75 Å². The third-order valence-electron chi connectivity index (χ3n) is 4.15. The highest BCUT2D eigenvalue weighted by molar-refractivity contribution is 7.93. The molecule has 0 aromatic heterocycles. The fourth-order valence-corrected chi connectivity index (χ4v) is 5.55. The van der Waals surface area contributed by atoms with E-state index in [0.29, 0.717) is 12.8 Å². The van der Waals surface area contributed by atoms with Crippen LogP contribution in [-0.4, -0.2) is 29.2 Å². The first kappa shape index (κ1) is 20.3. The summed E-state index contributed by atoms with van der Waals surface area (Å²) in [5, 5.41) is -0.519. The summed E-state index contributed by atoms with van der Waals surface area (Å²) in [6, 6.07) is 12.1. The van der Waals surface area contributed by atoms with Gasteiger partial charge in [-0.3, -0.25) is 4.72 Å². The maximum atomic E-state index is 12.8. The number of benzene rings is 2. The van der Waals surface area contributed by atoms with Gasteiger partial charge in [0.15, 0.2) is 9.84 Å². The second-order valence-corrected chi connectivity index (χ2v) is 9.67. The van der Waals surface area contributed by atoms with Crippen molar-refractivity contribution in [3.05, 3.63) is 48.5 Å². The number of rotatable bonds is 8. The Kier molecular flexibility index (Phi) is 6.30. The fourth-order valence-electron chi connectivity index (χ4n) is 2.67. The van der Waals surface area contributed by atoms with Gasteiger partial charge in [0.05, 0.1) is 27.8 Å². The molecule has 0 heterocycles. The van der Waals surface area contributed by atoms with E-state index in [-0.39, 0.29) is 21.2 Å². The molecular weight excluding hydrogens is 374 g/mol. The molecule has 6 nitrogen and oxygen atoms in total. The van der Waals surface area contributed by atoms with E-state index in [1.165, 1.54) is 37.4 Å². The molecule has 8 heteroatoms. The molecule has 0 bridgehead atoms. The molecule has 0 saturated heterocycles. The molecule has 1 N–H and O–H groups in total. The highest BCUT2D eigenvalue weighted by Gasteiger charge is 2.26. The number of sulfonamides is 1. The van der Waals surface area contributed by atoms with Gasteiger partial charge in [0.25, 0.3) is 10.0 Å². The predicted molar refractivity (Wildman–Crippen MR) is 102 cm³/mol. The lowest BCUT2D eigenvalue weighted by molar-refractivity contribution is 0.416. The first-order chi connectivity index (χ1) is 12.3. The van der Waals surface area contributed by atoms with Crippen molar-refractivity contribution in [2.24, 2.45) is 0 Å². The van der Waals surface area contributed by atoms with Gasteiger partial charge in [-0.1, -0.05) is 32.0 Å². The Bertz CT molecular complexity index is 950. The van der Waals surface area contributed by atoms with Crippen LogP contribution in [0.5, 0.6) is 5.75 Å². The Morgan fingerprint density at radius 1 is 0.923 bits per heavy atom. The molecular formula is C18H23NO5S2. The van der Waals surface area contributed by atoms with Crippen LogP contribution >= 0.6 is 0 Å². The second-order valence-electron chi connectivity index (χ2n) is 5.76. The average molecular weight is 398 g/mol. The molecule has 0 aliphatic carbocycles. The van der Waals surface area contributed by atoms with Gasteiger partial charge in [0.2, 0.25) is 0 Å². The third kappa shape index (κ3) is 4.19. The van der Waals surface area contributed by atoms with Crippen LogP contribution in [0.4, 0.5) is 5.69 Å². The molecule has 0 unspecified atom stereocenters. The van der Waals surface area contributed by atoms with Gasteiger partial charge < -0.3 is 4.74 Å². The van der Waals surface area contributed by atoms with Gasteiger partial charge in [-0.2, -0.15) is 0 Å². The normalized spacial score (nSPS) is 12.2. The lowest BCUT2D eigenvalue weighted by Crippen LogP contribution is -2.20. The summed E-state index contributed by atoms with van der Waals surface area (Å²) in [5.41, 5.74) is 0.0865. The molecule has 26 heavy (non-hydrogen) atoms. The summed E-state index contributed by atoms with van der Waals surface area (Å²) in [5.74, 6) is 0.244. The van der Waals surface area contributed by atoms with E-state index in [4.69, 9.17) is 4.74 Å². The Morgan fingerprint density at radius 2 is 1.54 bits per heavy atom. The van der Waals surface area contributed by atoms with E-state index in [1.54, 1.807) is 18.2 Å². The smallest absolute Gasteiger partial charge is 0.262 e. The van der Waals surface area contributed by atoms with E-state index in [2.05, 4.69) is 4.72 Å². The molecule has 0 radical (unpaired) electrons. The predicted octanol–water partition coefficient (Wildman–Crippen LogP) is 3.46. The van der Waals surface area contributed by atoms with Crippen molar-refractivity contribution in [3.8, 4) is 5.75 Å². The van der Waals surface area contributed by atoms with Crippen molar-refractivity contribution >= 4 is 25.5 Å². The van der Waals surface area contributed by atoms with E-state index in [1.807, 2.05) is 13.8 Å². The summed E-state index contributed by atoms with van der Waals surface area (Å²) in [7, 11) is -6.03. The SMILES string of the molecule is CCC(CC)S(=O)(=O)c1ccc(OC)c(NS(=O)(=O)c2ccccc2)c1. The van der Waals surface area contributed by atoms with Crippen LogP contribution in [0.2, 0.25) is 0 Å². The minimum absolute atomic E-state index is 0.0674. The largest absolute Gasteiger partial charge is 0.495 e. The topological polar surface area (TPSA) is 89.5 Å². The minimum Gasteiger partial charge on any atom is -0.495 e. The van der Waals surface area contributed by atoms with Gasteiger partial charge in [-0.25, -0.2) is 16.8 Å². The van der Waals surface area contributed by atoms with Crippen molar-refractivity contribution < 1.29 is 21.6 Å². The number of methoxy groups -OCH3 is 1. The molecule has 2 rings (SSSR count). The van der Waals surface area contributed by atoms with Crippen molar-refractivity contribution in [2.75, 3.05) is 11.8 Å². The first-order valence-electron chi connectivity index (χ1n) is 8.26. The highest BCUT2D eigenvalue weighted by atomic mass is 32.2. The molecule has 0 amide bonds. The molecule has 0 aliphatic heterocycles. The zero-order valence-electron chi connectivity index (χ0n) is 15.0. The van der Waals surface area contributed by atoms with E-state index in [0.717, 1.165) is 0 Å². The maximum absolute atomic E-state index is 12.8. The maximum Gasteiger partial charge on any atom is 0.262 e. The van der Waals surface area contributed by atoms with Gasteiger partial charge in [-0.05, 0) is 43.2 Å². The number of hydrogen-bond donors (Lipinski definition) is 1. The summed E-state index contributed by atoms with van der Waals surface area (Å²) in [4.78, 5) is 0.146. The number of sulfone groups is 1. The van der Waals surface area contributed by atoms with Gasteiger partial charge in [0, 0.05) is 0 Å². The van der Waals surface area contributed by atoms with Crippen LogP contribution in [0.25, 0.3) is 0 Å². The van der Waals surface area contributed by atoms with E-state index in [9.17, 15) is 16.8 Å². The zero-order chi connectivity index (χ0) is 19.4. The summed E-state index contributed by atoms with van der Waals surface area (Å²) in [6.07, 6.45) is 0.964. The molecule has 0 spiro atoms. The quantitative estimate of drug-likeness (QED) is 0.737. The van der Waals surface area contributed by atoms with Crippen molar-refractivity contribution in [1.82, 2.24) is 0 Å². The van der Waals surface area contributed by atoms with E-state index >= 15 is 0 Å². The lowest BCUT2D eigenvalue weighted by atomic mass is 10.3. The van der Waals surface area contributed by atoms with Crippen LogP contribution in [0.15, 0.2) is 58.3 Å². The van der Waals surface area contributed by atoms with Crippen LogP contribution in [0.1, 0.15) is 26.7 Å². The van der Waals surface area contributed by atoms with Crippen molar-refractivity contribution in [3.63, 3.8) is 0 Å². The second kappa shape index (κ2) is 8.09. The summed E-state index contributed by atoms with van der Waals surface area (Å²) < 4.78 is 58.3. The Balaban J connectivity index is 2.49. The van der Waals surface area contributed by atoms with Gasteiger partial charge in [-0.15, -0.1) is 0 Å². The minimum atomic E-state index is -3.86. The molecule has 0 saturated carbocycles. The van der Waals surface area contributed by atoms with Crippen molar-refractivity contribution in [2.45, 2.75) is 41.7 Å². The van der Waals surface area contributed by atoms with Gasteiger partial charge >= 0.3 is 0 Å². The lowest BCUT2D eigenvalue weighted by Gasteiger charge is -2.17. The Hall–Kier alpha value is -2.06. The van der Waals surface area contributed by atoms with Crippen molar-refractivity contribution in [1.29, 1.82) is 0 Å². The number of nitrogens with one attached hydrogen (secondary N) is 1. The van der Waals surface area contributed by atoms with Crippen LogP contribution in [0.3, 0.4) is 0 Å². The molecule has 2 aromatic carbocycles. The highest BCUT2D eigenvalue weighted by Crippen LogP contribution is 2.31. The average Bonchev–Trinajstić information content (AvgIpc) is 2.63. The van der Waals surface area contributed by atoms with E-state index < -0.39 is 25.1 Å². The molecule has 142 valence electrons. The van der Waals surface area contributed by atoms with Crippen LogP contribution < -0.4 is 9.46 Å². The first-order valence-corrected chi connectivity index (χ1v) is 11.3. The fraction of sp³-hybridized carbons (Fsp3) is 0.333. The standard InChI is InChI=1S/C18H23NO5S2/c1-4-14(5-2)25(20,21)16-11-12-18(24-3)17(13-16)19-26(22,23)15-9-7-6-8-10-15/h6-14,19H,4-5H2,1-3H3. The van der Waals surface area contributed by atoms with Crippen LogP contribution in [0, 0.1) is 0 Å². The molecule has 0 atom stereocenters. The third-order valence-corrected chi connectivity index (χ3v) is 7.98. The Labute approximate surface area is 155 Å². The van der Waals surface area contributed by atoms with Crippen LogP contribution in [-0.2, 0) is 19.9 Å². The monoisotopic (exact) mass is 397 g/mol. The summed E-state index contributed by atoms with van der Waals surface area (Å²) >= 11 is 0. The number of hydrogen-bond acceptors (Lipinski definition) is 5. The zero-order valence-corrected chi connectivity index (χ0v) is 16.6. The number of anilines is 1. The summed E-state index contributed by atoms with van der Waals surface area (Å²) in [6.45, 7) is 3.63.